The summed E-state index contributed by atoms with van der Waals surface area (Å²) in [5, 5.41) is 23.8. The number of nitrogens with zero attached hydrogens (tertiary/aromatic N) is 2. The van der Waals surface area contributed by atoms with Crippen LogP contribution in [-0.4, -0.2) is 70.6 Å². The third kappa shape index (κ3) is 12.7. The van der Waals surface area contributed by atoms with Gasteiger partial charge in [0, 0.05) is 0 Å². The number of hydrogen-bond donors (Lipinski definition) is 3. The van der Waals surface area contributed by atoms with E-state index >= 15 is 0 Å². The van der Waals surface area contributed by atoms with Crippen LogP contribution >= 0.6 is 0 Å². The van der Waals surface area contributed by atoms with Crippen LogP contribution in [0, 0.1) is 0 Å². The second-order valence-corrected chi connectivity index (χ2v) is 8.52. The largest absolute Gasteiger partial charge is 0.494 e. The number of rotatable bonds is 9. The molecule has 11 heteroatoms. The quantitative estimate of drug-likeness (QED) is 0.404. The number of alkyl carbamates (subject to hydrolysis) is 1. The topological polar surface area (TPSA) is 149 Å². The zero-order chi connectivity index (χ0) is 29.1. The highest BCUT2D eigenvalue weighted by Gasteiger charge is 2.23. The fourth-order valence-corrected chi connectivity index (χ4v) is 2.94. The molecule has 1 unspecified atom stereocenters. The first-order valence-corrected chi connectivity index (χ1v) is 12.6. The van der Waals surface area contributed by atoms with Crippen molar-refractivity contribution in [3.05, 3.63) is 52.5 Å². The van der Waals surface area contributed by atoms with Gasteiger partial charge < -0.3 is 29.7 Å². The Bertz CT molecular complexity index is 1010. The molecular weight excluding hydrogens is 494 g/mol. The summed E-state index contributed by atoms with van der Waals surface area (Å²) < 4.78 is 16.2. The maximum absolute atomic E-state index is 12.4. The van der Waals surface area contributed by atoms with Gasteiger partial charge in [-0.05, 0) is 39.2 Å². The number of methoxy groups -OCH3 is 1. The second-order valence-electron chi connectivity index (χ2n) is 8.52. The number of aromatic nitrogens is 2. The minimum Gasteiger partial charge on any atom is -0.494 e. The van der Waals surface area contributed by atoms with Crippen molar-refractivity contribution >= 4 is 17.6 Å². The molecule has 0 radical (unpaired) electrons. The van der Waals surface area contributed by atoms with Crippen molar-refractivity contribution in [3.63, 3.8) is 0 Å². The van der Waals surface area contributed by atoms with Gasteiger partial charge in [0.25, 0.3) is 5.56 Å². The molecular formula is C27H43N3O8. The second kappa shape index (κ2) is 18.8. The lowest BCUT2D eigenvalue weighted by Gasteiger charge is -2.22. The van der Waals surface area contributed by atoms with Crippen LogP contribution in [0.2, 0.25) is 0 Å². The molecule has 0 aliphatic heterocycles. The van der Waals surface area contributed by atoms with E-state index in [-0.39, 0.29) is 31.9 Å². The van der Waals surface area contributed by atoms with Gasteiger partial charge in [0.05, 0.1) is 38.6 Å². The number of amides is 1. The van der Waals surface area contributed by atoms with Gasteiger partial charge >= 0.3 is 12.1 Å². The number of esters is 1. The average molecular weight is 538 g/mol. The van der Waals surface area contributed by atoms with Crippen LogP contribution in [0.5, 0.6) is 5.75 Å². The normalized spacial score (nSPS) is 12.9. The van der Waals surface area contributed by atoms with Crippen LogP contribution in [0.15, 0.2) is 41.4 Å². The first kappa shape index (κ1) is 34.6. The molecule has 1 heterocycles. The molecule has 1 aromatic rings. The van der Waals surface area contributed by atoms with E-state index in [9.17, 15) is 14.4 Å². The maximum Gasteiger partial charge on any atom is 0.408 e. The molecule has 38 heavy (non-hydrogen) atoms. The van der Waals surface area contributed by atoms with Crippen LogP contribution in [0.4, 0.5) is 4.79 Å². The number of ether oxygens (including phenoxy) is 3. The molecule has 0 bridgehead atoms. The van der Waals surface area contributed by atoms with E-state index in [4.69, 9.17) is 24.4 Å². The van der Waals surface area contributed by atoms with Crippen molar-refractivity contribution in [2.45, 2.75) is 72.6 Å². The van der Waals surface area contributed by atoms with Crippen LogP contribution in [-0.2, 0) is 20.8 Å². The number of carbonyl (C=O) groups excluding carboxylic acids is 2. The van der Waals surface area contributed by atoms with Gasteiger partial charge in [0.2, 0.25) is 0 Å². The summed E-state index contributed by atoms with van der Waals surface area (Å²) in [6.07, 6.45) is 11.6. The molecule has 1 aliphatic rings. The summed E-state index contributed by atoms with van der Waals surface area (Å²) in [6.45, 7) is 10.7. The number of hydrogen-bond acceptors (Lipinski definition) is 9. The van der Waals surface area contributed by atoms with Crippen molar-refractivity contribution < 1.29 is 34.0 Å². The van der Waals surface area contributed by atoms with E-state index in [0.717, 1.165) is 12.0 Å². The number of aliphatic hydroxyl groups is 2. The van der Waals surface area contributed by atoms with Crippen LogP contribution in [0.3, 0.4) is 0 Å². The molecule has 0 fully saturated rings. The van der Waals surface area contributed by atoms with Crippen molar-refractivity contribution in [2.75, 3.05) is 26.9 Å². The van der Waals surface area contributed by atoms with Gasteiger partial charge in [-0.2, -0.15) is 5.10 Å². The fraction of sp³-hybridized carbons (Fsp3) is 0.556. The zero-order valence-corrected chi connectivity index (χ0v) is 23.5. The smallest absolute Gasteiger partial charge is 0.408 e. The molecule has 1 amide bonds. The van der Waals surface area contributed by atoms with Crippen LogP contribution in [0.1, 0.15) is 59.9 Å². The first-order valence-electron chi connectivity index (χ1n) is 12.6. The monoisotopic (exact) mass is 537 g/mol. The summed E-state index contributed by atoms with van der Waals surface area (Å²) in [4.78, 5) is 35.2. The zero-order valence-electron chi connectivity index (χ0n) is 23.5. The Hall–Kier alpha value is -3.44. The van der Waals surface area contributed by atoms with E-state index in [2.05, 4.69) is 10.4 Å². The Morgan fingerprint density at radius 3 is 2.42 bits per heavy atom. The Kier molecular flexibility index (Phi) is 17.1. The van der Waals surface area contributed by atoms with E-state index in [0.29, 0.717) is 17.7 Å². The molecule has 1 aliphatic carbocycles. The predicted octanol–water partition coefficient (Wildman–Crippen LogP) is 3.00. The Morgan fingerprint density at radius 2 is 1.87 bits per heavy atom. The van der Waals surface area contributed by atoms with E-state index in [1.807, 2.05) is 44.2 Å². The minimum atomic E-state index is -0.753. The number of nitrogens with one attached hydrogen (secondary N) is 1. The summed E-state index contributed by atoms with van der Waals surface area (Å²) in [7, 11) is 1.51. The third-order valence-corrected chi connectivity index (χ3v) is 4.55. The average Bonchev–Trinajstić information content (AvgIpc) is 3.17. The van der Waals surface area contributed by atoms with Gasteiger partial charge in [-0.1, -0.05) is 51.2 Å². The molecule has 11 nitrogen and oxygen atoms in total. The molecule has 0 spiro atoms. The molecule has 1 aromatic heterocycles. The van der Waals surface area contributed by atoms with Gasteiger partial charge in [-0.3, -0.25) is 4.79 Å². The molecule has 214 valence electrons. The number of allylic oxidation sites excluding steroid dienone is 6. The highest BCUT2D eigenvalue weighted by molar-refractivity contribution is 5.81. The van der Waals surface area contributed by atoms with Gasteiger partial charge in [-0.15, -0.1) is 0 Å². The Labute approximate surface area is 224 Å². The van der Waals surface area contributed by atoms with Gasteiger partial charge in [-0.25, -0.2) is 14.3 Å². The lowest BCUT2D eigenvalue weighted by molar-refractivity contribution is -0.147. The van der Waals surface area contributed by atoms with Crippen molar-refractivity contribution in [2.24, 2.45) is 0 Å². The standard InChI is InChI=1S/C14H16N2O3.C11H21NO5.C2H6/c1-19-12-10-15-16(8-9-17)14(18)13(12)11-6-4-2-3-5-7-11;1-5-8(9(14)16-7-6-13)12-10(15)17-11(2,3)4;1-2/h2-4,6-7,10,17H,5,8-9H2,1H3;8,13H,5-7H2,1-4H3,(H,12,15);1-2H3. The van der Waals surface area contributed by atoms with Crippen molar-refractivity contribution in [3.8, 4) is 5.75 Å². The maximum atomic E-state index is 12.4. The van der Waals surface area contributed by atoms with E-state index in [1.165, 1.54) is 18.0 Å². The number of aliphatic hydroxyl groups excluding tert-OH is 2. The third-order valence-electron chi connectivity index (χ3n) is 4.55. The molecule has 3 N–H and O–H groups in total. The summed E-state index contributed by atoms with van der Waals surface area (Å²) in [5.41, 5.74) is 0.412. The highest BCUT2D eigenvalue weighted by Crippen LogP contribution is 2.24. The molecule has 0 aromatic carbocycles. The summed E-state index contributed by atoms with van der Waals surface area (Å²) in [5.74, 6) is -0.135. The van der Waals surface area contributed by atoms with Gasteiger partial charge in [0.1, 0.15) is 18.2 Å². The van der Waals surface area contributed by atoms with E-state index in [1.54, 1.807) is 27.7 Å². The molecule has 2 rings (SSSR count). The highest BCUT2D eigenvalue weighted by atomic mass is 16.6. The minimum absolute atomic E-state index is 0.0780. The summed E-state index contributed by atoms with van der Waals surface area (Å²) >= 11 is 0. The first-order chi connectivity index (χ1) is 18.1. The summed E-state index contributed by atoms with van der Waals surface area (Å²) in [6, 6.07) is -0.753. The van der Waals surface area contributed by atoms with E-state index < -0.39 is 23.7 Å². The number of carbonyl (C=O) groups is 2. The van der Waals surface area contributed by atoms with Crippen molar-refractivity contribution in [1.29, 1.82) is 0 Å². The Morgan fingerprint density at radius 1 is 1.18 bits per heavy atom. The van der Waals surface area contributed by atoms with Gasteiger partial charge in [0.15, 0.2) is 5.75 Å². The Balaban J connectivity index is 0.000000682. The SMILES string of the molecule is CC.CCC(NC(=O)OC(C)(C)C)C(=O)OCCO.COc1cnn(CCO)c(=O)c1C1=CCC=CC=C1. The lowest BCUT2D eigenvalue weighted by atomic mass is 10.1. The van der Waals surface area contributed by atoms with Crippen LogP contribution in [0.25, 0.3) is 5.57 Å². The lowest BCUT2D eigenvalue weighted by Crippen LogP contribution is -2.44. The van der Waals surface area contributed by atoms with Crippen LogP contribution < -0.4 is 15.6 Å². The van der Waals surface area contributed by atoms with Crippen molar-refractivity contribution in [1.82, 2.24) is 15.1 Å². The molecule has 1 atom stereocenters. The predicted molar refractivity (Wildman–Crippen MR) is 146 cm³/mol. The fourth-order valence-electron chi connectivity index (χ4n) is 2.94. The molecule has 0 saturated heterocycles. The molecule has 0 saturated carbocycles.